The predicted molar refractivity (Wildman–Crippen MR) is 94.5 cm³/mol. The summed E-state index contributed by atoms with van der Waals surface area (Å²) in [7, 11) is 4.70. The molecular formula is C18H20FN3O3. The van der Waals surface area contributed by atoms with Gasteiger partial charge in [-0.1, -0.05) is 6.07 Å². The van der Waals surface area contributed by atoms with Gasteiger partial charge >= 0.3 is 0 Å². The Labute approximate surface area is 145 Å². The Hall–Kier alpha value is -3.09. The maximum Gasteiger partial charge on any atom is 0.253 e. The Morgan fingerprint density at radius 1 is 1.12 bits per heavy atom. The minimum absolute atomic E-state index is 0.0440. The lowest BCUT2D eigenvalue weighted by molar-refractivity contribution is -0.114. The standard InChI is InChI=1S/C18H20FN3O3/c1-22(2)18(24)12-5-4-6-14(9-12)21-17(23)11-20-13-7-8-16(25-3)15(19)10-13/h4-10,20H,11H2,1-3H3,(H,21,23). The molecular weight excluding hydrogens is 325 g/mol. The van der Waals surface area contributed by atoms with Crippen molar-refractivity contribution in [3.8, 4) is 5.75 Å². The Bertz CT molecular complexity index is 778. The number of nitrogens with zero attached hydrogens (tertiary/aromatic N) is 1. The Kier molecular flexibility index (Phi) is 5.94. The van der Waals surface area contributed by atoms with Crippen LogP contribution in [0.25, 0.3) is 0 Å². The molecule has 2 aromatic rings. The van der Waals surface area contributed by atoms with E-state index in [1.165, 1.54) is 24.1 Å². The molecule has 0 aliphatic rings. The second kappa shape index (κ2) is 8.14. The number of rotatable bonds is 6. The molecule has 0 aliphatic heterocycles. The summed E-state index contributed by atoms with van der Waals surface area (Å²) in [5, 5.41) is 5.52. The molecule has 2 N–H and O–H groups in total. The molecule has 0 saturated carbocycles. The van der Waals surface area contributed by atoms with Crippen LogP contribution in [0.5, 0.6) is 5.75 Å². The van der Waals surface area contributed by atoms with Crippen molar-refractivity contribution >= 4 is 23.2 Å². The van der Waals surface area contributed by atoms with Crippen LogP contribution in [-0.4, -0.2) is 44.5 Å². The molecule has 2 aromatic carbocycles. The van der Waals surface area contributed by atoms with E-state index < -0.39 is 5.82 Å². The highest BCUT2D eigenvalue weighted by Gasteiger charge is 2.10. The molecule has 0 atom stereocenters. The van der Waals surface area contributed by atoms with Gasteiger partial charge in [-0.3, -0.25) is 9.59 Å². The molecule has 2 amide bonds. The third kappa shape index (κ3) is 4.94. The monoisotopic (exact) mass is 345 g/mol. The molecule has 0 aromatic heterocycles. The van der Waals surface area contributed by atoms with E-state index in [2.05, 4.69) is 10.6 Å². The molecule has 7 heteroatoms. The Morgan fingerprint density at radius 2 is 1.88 bits per heavy atom. The van der Waals surface area contributed by atoms with E-state index >= 15 is 0 Å². The minimum Gasteiger partial charge on any atom is -0.494 e. The third-order valence-corrected chi connectivity index (χ3v) is 3.40. The molecule has 6 nitrogen and oxygen atoms in total. The molecule has 0 saturated heterocycles. The number of hydrogen-bond donors (Lipinski definition) is 2. The largest absolute Gasteiger partial charge is 0.494 e. The van der Waals surface area contributed by atoms with Gasteiger partial charge in [0.2, 0.25) is 5.91 Å². The summed E-state index contributed by atoms with van der Waals surface area (Å²) in [4.78, 5) is 25.4. The second-order valence-corrected chi connectivity index (χ2v) is 5.53. The number of ether oxygens (including phenoxy) is 1. The van der Waals surface area contributed by atoms with Gasteiger partial charge in [-0.2, -0.15) is 0 Å². The predicted octanol–water partition coefficient (Wildman–Crippen LogP) is 2.59. The van der Waals surface area contributed by atoms with Crippen LogP contribution in [0.2, 0.25) is 0 Å². The molecule has 0 unspecified atom stereocenters. The number of anilines is 2. The van der Waals surface area contributed by atoms with Crippen molar-refractivity contribution < 1.29 is 18.7 Å². The Morgan fingerprint density at radius 3 is 2.52 bits per heavy atom. The lowest BCUT2D eigenvalue weighted by atomic mass is 10.2. The molecule has 0 aliphatic carbocycles. The van der Waals surface area contributed by atoms with Gasteiger partial charge in [-0.15, -0.1) is 0 Å². The van der Waals surface area contributed by atoms with Gasteiger partial charge in [0.25, 0.3) is 5.91 Å². The maximum atomic E-state index is 13.6. The summed E-state index contributed by atoms with van der Waals surface area (Å²) in [5.41, 5.74) is 1.46. The van der Waals surface area contributed by atoms with Crippen molar-refractivity contribution in [2.75, 3.05) is 38.4 Å². The van der Waals surface area contributed by atoms with Crippen LogP contribution in [0.4, 0.5) is 15.8 Å². The number of nitrogens with one attached hydrogen (secondary N) is 2. The van der Waals surface area contributed by atoms with Crippen LogP contribution in [0.1, 0.15) is 10.4 Å². The van der Waals surface area contributed by atoms with E-state index in [-0.39, 0.29) is 24.1 Å². The molecule has 0 spiro atoms. The molecule has 132 valence electrons. The van der Waals surface area contributed by atoms with Crippen LogP contribution in [0.3, 0.4) is 0 Å². The second-order valence-electron chi connectivity index (χ2n) is 5.53. The van der Waals surface area contributed by atoms with E-state index in [1.54, 1.807) is 44.4 Å². The topological polar surface area (TPSA) is 70.7 Å². The van der Waals surface area contributed by atoms with Gasteiger partial charge in [-0.25, -0.2) is 4.39 Å². The quantitative estimate of drug-likeness (QED) is 0.844. The third-order valence-electron chi connectivity index (χ3n) is 3.40. The fraction of sp³-hybridized carbons (Fsp3) is 0.222. The number of benzene rings is 2. The highest BCUT2D eigenvalue weighted by molar-refractivity contribution is 5.97. The number of carbonyl (C=O) groups is 2. The normalized spacial score (nSPS) is 10.1. The number of carbonyl (C=O) groups excluding carboxylic acids is 2. The van der Waals surface area contributed by atoms with Gasteiger partial charge in [-0.05, 0) is 30.3 Å². The number of amides is 2. The summed E-state index contributed by atoms with van der Waals surface area (Å²) < 4.78 is 18.4. The van der Waals surface area contributed by atoms with E-state index in [4.69, 9.17) is 4.74 Å². The van der Waals surface area contributed by atoms with Crippen molar-refractivity contribution in [2.45, 2.75) is 0 Å². The summed E-state index contributed by atoms with van der Waals surface area (Å²) in [6.45, 7) is -0.0440. The SMILES string of the molecule is COc1ccc(NCC(=O)Nc2cccc(C(=O)N(C)C)c2)cc1F. The van der Waals surface area contributed by atoms with Gasteiger partial charge < -0.3 is 20.3 Å². The first-order valence-corrected chi connectivity index (χ1v) is 7.59. The van der Waals surface area contributed by atoms with E-state index in [1.807, 2.05) is 0 Å². The smallest absolute Gasteiger partial charge is 0.253 e. The number of methoxy groups -OCH3 is 1. The fourth-order valence-electron chi connectivity index (χ4n) is 2.15. The van der Waals surface area contributed by atoms with Crippen molar-refractivity contribution in [3.05, 3.63) is 53.8 Å². The molecule has 0 heterocycles. The summed E-state index contributed by atoms with van der Waals surface area (Å²) in [6.07, 6.45) is 0. The van der Waals surface area contributed by atoms with Gasteiger partial charge in [0, 0.05) is 37.1 Å². The highest BCUT2D eigenvalue weighted by Crippen LogP contribution is 2.20. The van der Waals surface area contributed by atoms with E-state index in [9.17, 15) is 14.0 Å². The molecule has 0 bridgehead atoms. The van der Waals surface area contributed by atoms with Crippen molar-refractivity contribution in [1.29, 1.82) is 0 Å². The zero-order chi connectivity index (χ0) is 18.4. The lowest BCUT2D eigenvalue weighted by Gasteiger charge is -2.12. The average molecular weight is 345 g/mol. The van der Waals surface area contributed by atoms with Crippen LogP contribution in [-0.2, 0) is 4.79 Å². The molecule has 2 rings (SSSR count). The minimum atomic E-state index is -0.511. The van der Waals surface area contributed by atoms with Crippen LogP contribution in [0.15, 0.2) is 42.5 Å². The molecule has 0 radical (unpaired) electrons. The van der Waals surface area contributed by atoms with Gasteiger partial charge in [0.05, 0.1) is 13.7 Å². The summed E-state index contributed by atoms with van der Waals surface area (Å²) in [6, 6.07) is 11.0. The number of hydrogen-bond acceptors (Lipinski definition) is 4. The first kappa shape index (κ1) is 18.3. The number of halogens is 1. The molecule has 25 heavy (non-hydrogen) atoms. The zero-order valence-corrected chi connectivity index (χ0v) is 14.3. The maximum absolute atomic E-state index is 13.6. The first-order chi connectivity index (χ1) is 11.9. The highest BCUT2D eigenvalue weighted by atomic mass is 19.1. The fourth-order valence-corrected chi connectivity index (χ4v) is 2.15. The molecule has 0 fully saturated rings. The Balaban J connectivity index is 1.95. The van der Waals surface area contributed by atoms with Crippen LogP contribution < -0.4 is 15.4 Å². The summed E-state index contributed by atoms with van der Waals surface area (Å²) in [5.74, 6) is -0.839. The average Bonchev–Trinajstić information content (AvgIpc) is 2.59. The van der Waals surface area contributed by atoms with Gasteiger partial charge in [0.1, 0.15) is 0 Å². The first-order valence-electron chi connectivity index (χ1n) is 7.59. The van der Waals surface area contributed by atoms with E-state index in [0.717, 1.165) is 0 Å². The van der Waals surface area contributed by atoms with Crippen LogP contribution >= 0.6 is 0 Å². The van der Waals surface area contributed by atoms with Crippen LogP contribution in [0, 0.1) is 5.82 Å². The van der Waals surface area contributed by atoms with Crippen molar-refractivity contribution in [2.24, 2.45) is 0 Å². The van der Waals surface area contributed by atoms with Crippen molar-refractivity contribution in [1.82, 2.24) is 4.90 Å². The van der Waals surface area contributed by atoms with Crippen molar-refractivity contribution in [3.63, 3.8) is 0 Å². The zero-order valence-electron chi connectivity index (χ0n) is 14.3. The lowest BCUT2D eigenvalue weighted by Crippen LogP contribution is -2.23. The summed E-state index contributed by atoms with van der Waals surface area (Å²) >= 11 is 0. The van der Waals surface area contributed by atoms with Gasteiger partial charge in [0.15, 0.2) is 11.6 Å². The van der Waals surface area contributed by atoms with E-state index in [0.29, 0.717) is 16.9 Å².